The maximum Gasteiger partial charge on any atom is 0.230 e. The summed E-state index contributed by atoms with van der Waals surface area (Å²) in [6.45, 7) is 4.15. The number of aromatic nitrogens is 2. The lowest BCUT2D eigenvalue weighted by atomic mass is 9.99. The summed E-state index contributed by atoms with van der Waals surface area (Å²) in [5.41, 5.74) is 2.22. The van der Waals surface area contributed by atoms with Crippen LogP contribution >= 0.6 is 23.4 Å². The van der Waals surface area contributed by atoms with E-state index in [2.05, 4.69) is 34.3 Å². The minimum atomic E-state index is -0.141. The lowest BCUT2D eigenvalue weighted by Gasteiger charge is -2.41. The van der Waals surface area contributed by atoms with Crippen molar-refractivity contribution < 1.29 is 9.59 Å². The van der Waals surface area contributed by atoms with Crippen LogP contribution in [0.2, 0.25) is 5.15 Å². The number of nitrogens with zero attached hydrogens (tertiary/aromatic N) is 4. The van der Waals surface area contributed by atoms with E-state index in [-0.39, 0.29) is 29.7 Å². The number of rotatable bonds is 9. The summed E-state index contributed by atoms with van der Waals surface area (Å²) in [6.07, 6.45) is 5.04. The molecule has 1 saturated carbocycles. The average molecular weight is 578 g/mol. The highest BCUT2D eigenvalue weighted by Crippen LogP contribution is 2.29. The predicted molar refractivity (Wildman–Crippen MR) is 161 cm³/mol. The molecule has 5 rings (SSSR count). The minimum Gasteiger partial charge on any atom is -0.353 e. The summed E-state index contributed by atoms with van der Waals surface area (Å²) < 4.78 is 0. The van der Waals surface area contributed by atoms with Crippen LogP contribution in [0.1, 0.15) is 49.8 Å². The Hall–Kier alpha value is -3.10. The van der Waals surface area contributed by atoms with Gasteiger partial charge in [0.2, 0.25) is 11.8 Å². The van der Waals surface area contributed by atoms with Gasteiger partial charge in [-0.3, -0.25) is 9.59 Å². The molecule has 7 nitrogen and oxygen atoms in total. The summed E-state index contributed by atoms with van der Waals surface area (Å²) in [4.78, 5) is 39.3. The normalized spacial score (nSPS) is 18.5. The number of piperazine rings is 1. The molecule has 0 spiro atoms. The Morgan fingerprint density at radius 2 is 1.73 bits per heavy atom. The first-order valence-electron chi connectivity index (χ1n) is 14.1. The van der Waals surface area contributed by atoms with Crippen LogP contribution in [0.3, 0.4) is 0 Å². The quantitative estimate of drug-likeness (QED) is 0.204. The maximum atomic E-state index is 13.0. The fraction of sp³-hybridized carbons (Fsp3) is 0.419. The van der Waals surface area contributed by atoms with E-state index in [1.165, 1.54) is 11.8 Å². The van der Waals surface area contributed by atoms with Crippen molar-refractivity contribution in [3.63, 3.8) is 0 Å². The largest absolute Gasteiger partial charge is 0.353 e. The van der Waals surface area contributed by atoms with Crippen LogP contribution in [-0.2, 0) is 16.0 Å². The van der Waals surface area contributed by atoms with Gasteiger partial charge in [-0.15, -0.1) is 0 Å². The van der Waals surface area contributed by atoms with Gasteiger partial charge in [0.1, 0.15) is 11.0 Å². The van der Waals surface area contributed by atoms with Crippen molar-refractivity contribution in [2.24, 2.45) is 5.92 Å². The summed E-state index contributed by atoms with van der Waals surface area (Å²) >= 11 is 7.66. The molecule has 1 aliphatic heterocycles. The van der Waals surface area contributed by atoms with Gasteiger partial charge in [0.15, 0.2) is 5.16 Å². The molecule has 2 amide bonds. The Morgan fingerprint density at radius 1 is 1.02 bits per heavy atom. The first-order chi connectivity index (χ1) is 19.5. The van der Waals surface area contributed by atoms with Gasteiger partial charge < -0.3 is 15.1 Å². The molecule has 0 bridgehead atoms. The topological polar surface area (TPSA) is 78.4 Å². The number of amides is 2. The van der Waals surface area contributed by atoms with E-state index in [0.717, 1.165) is 42.6 Å². The number of carbonyl (C=O) groups is 2. The van der Waals surface area contributed by atoms with Crippen molar-refractivity contribution in [1.29, 1.82) is 0 Å². The van der Waals surface area contributed by atoms with Crippen LogP contribution in [-0.4, -0.2) is 58.1 Å². The first kappa shape index (κ1) is 28.4. The standard InChI is InChI=1S/C31H36ClN5O2S/c1-22-20-36(16-17-37(22)30(39)25-14-8-9-15-25)28-19-27(32)34-31(35-28)40-21-29(38)33-26(24-12-6-3-7-13-24)18-23-10-4-2-5-11-23/h2-7,10-13,19,22,25-26H,8-9,14-18,20-21H2,1H3,(H,33,38). The van der Waals surface area contributed by atoms with Gasteiger partial charge in [-0.05, 0) is 37.3 Å². The van der Waals surface area contributed by atoms with E-state index in [1.54, 1.807) is 6.07 Å². The number of hydrogen-bond donors (Lipinski definition) is 1. The van der Waals surface area contributed by atoms with Crippen LogP contribution in [0.4, 0.5) is 5.82 Å². The van der Waals surface area contributed by atoms with Crippen LogP contribution in [0.25, 0.3) is 0 Å². The molecule has 3 aromatic rings. The molecule has 1 saturated heterocycles. The van der Waals surface area contributed by atoms with Gasteiger partial charge in [0.05, 0.1) is 11.8 Å². The zero-order valence-corrected chi connectivity index (χ0v) is 24.4. The Bertz CT molecular complexity index is 1290. The Labute approximate surface area is 245 Å². The molecule has 1 N–H and O–H groups in total. The van der Waals surface area contributed by atoms with Gasteiger partial charge in [-0.2, -0.15) is 0 Å². The predicted octanol–water partition coefficient (Wildman–Crippen LogP) is 5.55. The molecule has 2 unspecified atom stereocenters. The van der Waals surface area contributed by atoms with Gasteiger partial charge in [0, 0.05) is 37.7 Å². The second kappa shape index (κ2) is 13.5. The molecular weight excluding hydrogens is 542 g/mol. The van der Waals surface area contributed by atoms with E-state index in [1.807, 2.05) is 53.4 Å². The number of anilines is 1. The lowest BCUT2D eigenvalue weighted by molar-refractivity contribution is -0.137. The molecule has 0 radical (unpaired) electrons. The van der Waals surface area contributed by atoms with Crippen molar-refractivity contribution in [3.8, 4) is 0 Å². The summed E-state index contributed by atoms with van der Waals surface area (Å²) in [6, 6.07) is 21.9. The molecule has 210 valence electrons. The molecule has 2 aliphatic rings. The van der Waals surface area contributed by atoms with Crippen LogP contribution < -0.4 is 10.2 Å². The molecule has 2 atom stereocenters. The van der Waals surface area contributed by atoms with E-state index >= 15 is 0 Å². The van der Waals surface area contributed by atoms with Crippen LogP contribution in [0, 0.1) is 5.92 Å². The monoisotopic (exact) mass is 577 g/mol. The number of hydrogen-bond acceptors (Lipinski definition) is 6. The van der Waals surface area contributed by atoms with Crippen LogP contribution in [0.15, 0.2) is 71.9 Å². The van der Waals surface area contributed by atoms with Gasteiger partial charge in [-0.1, -0.05) is 96.9 Å². The zero-order valence-electron chi connectivity index (χ0n) is 22.8. The van der Waals surface area contributed by atoms with Crippen molar-refractivity contribution in [2.75, 3.05) is 30.3 Å². The average Bonchev–Trinajstić information content (AvgIpc) is 3.51. The number of halogens is 1. The molecular formula is C31H36ClN5O2S. The molecule has 2 fully saturated rings. The molecule has 1 aromatic heterocycles. The highest BCUT2D eigenvalue weighted by Gasteiger charge is 2.33. The number of carbonyl (C=O) groups excluding carboxylic acids is 2. The Balaban J connectivity index is 1.19. The van der Waals surface area contributed by atoms with E-state index in [0.29, 0.717) is 42.3 Å². The minimum absolute atomic E-state index is 0.0902. The van der Waals surface area contributed by atoms with Crippen molar-refractivity contribution in [3.05, 3.63) is 83.0 Å². The number of benzene rings is 2. The van der Waals surface area contributed by atoms with Crippen molar-refractivity contribution >= 4 is 41.0 Å². The third kappa shape index (κ3) is 7.34. The smallest absolute Gasteiger partial charge is 0.230 e. The molecule has 9 heteroatoms. The highest BCUT2D eigenvalue weighted by molar-refractivity contribution is 7.99. The fourth-order valence-electron chi connectivity index (χ4n) is 5.67. The van der Waals surface area contributed by atoms with Gasteiger partial charge in [-0.25, -0.2) is 9.97 Å². The summed E-state index contributed by atoms with van der Waals surface area (Å²) in [5.74, 6) is 1.30. The maximum absolute atomic E-state index is 13.0. The summed E-state index contributed by atoms with van der Waals surface area (Å²) in [5, 5.41) is 4.00. The van der Waals surface area contributed by atoms with Crippen molar-refractivity contribution in [1.82, 2.24) is 20.2 Å². The first-order valence-corrected chi connectivity index (χ1v) is 15.4. The van der Waals surface area contributed by atoms with Gasteiger partial charge in [0.25, 0.3) is 0 Å². The van der Waals surface area contributed by atoms with Crippen molar-refractivity contribution in [2.45, 2.75) is 56.3 Å². The third-order valence-corrected chi connectivity index (χ3v) is 8.79. The Kier molecular flexibility index (Phi) is 9.60. The fourth-order valence-corrected chi connectivity index (χ4v) is 6.56. The van der Waals surface area contributed by atoms with E-state index in [4.69, 9.17) is 16.6 Å². The molecule has 40 heavy (non-hydrogen) atoms. The SMILES string of the molecule is CC1CN(c2cc(Cl)nc(SCC(=O)NC(Cc3ccccc3)c3ccccc3)n2)CCN1C(=O)C1CCCC1. The lowest BCUT2D eigenvalue weighted by Crippen LogP contribution is -2.55. The Morgan fingerprint density at radius 3 is 2.42 bits per heavy atom. The number of thioether (sulfide) groups is 1. The second-order valence-corrected chi connectivity index (χ2v) is 12.0. The molecule has 2 heterocycles. The third-order valence-electron chi connectivity index (χ3n) is 7.75. The van der Waals surface area contributed by atoms with E-state index < -0.39 is 0 Å². The van der Waals surface area contributed by atoms with E-state index in [9.17, 15) is 9.59 Å². The zero-order chi connectivity index (χ0) is 27.9. The highest BCUT2D eigenvalue weighted by atomic mass is 35.5. The second-order valence-electron chi connectivity index (χ2n) is 10.6. The van der Waals surface area contributed by atoms with Crippen LogP contribution in [0.5, 0.6) is 0 Å². The summed E-state index contributed by atoms with van der Waals surface area (Å²) in [7, 11) is 0. The number of nitrogens with one attached hydrogen (secondary N) is 1. The van der Waals surface area contributed by atoms with Gasteiger partial charge >= 0.3 is 0 Å². The molecule has 1 aliphatic carbocycles. The molecule has 2 aromatic carbocycles.